The minimum absolute atomic E-state index is 0.464. The fourth-order valence-electron chi connectivity index (χ4n) is 1.74. The summed E-state index contributed by atoms with van der Waals surface area (Å²) in [6.45, 7) is 14.4. The molecule has 0 heterocycles. The molecule has 0 unspecified atom stereocenters. The van der Waals surface area contributed by atoms with Gasteiger partial charge < -0.3 is 27.0 Å². The van der Waals surface area contributed by atoms with Crippen LogP contribution in [0.2, 0.25) is 0 Å². The molecule has 0 aliphatic carbocycles. The van der Waals surface area contributed by atoms with E-state index in [1.54, 1.807) is 4.39 Å². The molecule has 0 aromatic carbocycles. The maximum absolute atomic E-state index is 5.87. The zero-order valence-electron chi connectivity index (χ0n) is 14.2. The van der Waals surface area contributed by atoms with E-state index in [4.69, 9.17) is 27.0 Å². The van der Waals surface area contributed by atoms with Crippen molar-refractivity contribution in [3.8, 4) is 0 Å². The molecule has 21 heavy (non-hydrogen) atoms. The summed E-state index contributed by atoms with van der Waals surface area (Å²) in [5.74, 6) is 0. The highest BCUT2D eigenvalue weighted by atomic mass is 28.4. The Morgan fingerprint density at radius 1 is 0.667 bits per heavy atom. The van der Waals surface area contributed by atoms with E-state index in [1.807, 2.05) is 41.5 Å². The molecule has 0 N–H and O–H groups in total. The van der Waals surface area contributed by atoms with Crippen LogP contribution in [0.3, 0.4) is 0 Å². The van der Waals surface area contributed by atoms with Crippen molar-refractivity contribution in [2.24, 2.45) is 0 Å². The number of hydrogen-bond donors (Lipinski definition) is 0. The van der Waals surface area contributed by atoms with Gasteiger partial charge in [0.2, 0.25) is 0 Å². The zero-order chi connectivity index (χ0) is 16.1. The average molecular weight is 342 g/mol. The maximum Gasteiger partial charge on any atom is 0.620 e. The van der Waals surface area contributed by atoms with Crippen LogP contribution < -0.4 is 0 Å². The lowest BCUT2D eigenvalue weighted by molar-refractivity contribution is -0.129. The molecule has 0 fully saturated rings. The molecule has 9 heteroatoms. The van der Waals surface area contributed by atoms with Crippen LogP contribution in [0.4, 0.5) is 0 Å². The molecule has 0 spiro atoms. The molecular weight excluding hydrogens is 310 g/mol. The summed E-state index contributed by atoms with van der Waals surface area (Å²) in [5, 5.41) is 0. The highest BCUT2D eigenvalue weighted by Gasteiger charge is 2.55. The normalized spacial score (nSPS) is 12.6. The van der Waals surface area contributed by atoms with Gasteiger partial charge in [0, 0.05) is 33.0 Å². The van der Waals surface area contributed by atoms with E-state index >= 15 is 0 Å². The second-order valence-electron chi connectivity index (χ2n) is 3.78. The molecule has 0 bridgehead atoms. The molecule has 0 aromatic heterocycles. The third-order valence-electron chi connectivity index (χ3n) is 2.33. The predicted molar refractivity (Wildman–Crippen MR) is 84.5 cm³/mol. The first-order chi connectivity index (χ1) is 10.2. The van der Waals surface area contributed by atoms with Gasteiger partial charge in [0.1, 0.15) is 0 Å². The molecule has 0 amide bonds. The van der Waals surface area contributed by atoms with Gasteiger partial charge in [-0.05, 0) is 41.5 Å². The van der Waals surface area contributed by atoms with Crippen molar-refractivity contribution in [3.63, 3.8) is 0 Å². The maximum atomic E-state index is 5.87. The fraction of sp³-hybridized carbons (Fsp3) is 1.00. The van der Waals surface area contributed by atoms with Gasteiger partial charge in [-0.3, -0.25) is 0 Å². The van der Waals surface area contributed by atoms with Crippen molar-refractivity contribution < 1.29 is 27.0 Å². The summed E-state index contributed by atoms with van der Waals surface area (Å²) in [6.07, 6.45) is 0. The molecule has 0 aromatic rings. The lowest BCUT2D eigenvalue weighted by Gasteiger charge is -2.38. The molecule has 0 aliphatic rings. The van der Waals surface area contributed by atoms with Crippen LogP contribution in [0.5, 0.6) is 0 Å². The monoisotopic (exact) mass is 341 g/mol. The largest absolute Gasteiger partial charge is 0.620 e. The molecule has 128 valence electrons. The van der Waals surface area contributed by atoms with Crippen molar-refractivity contribution in [3.05, 3.63) is 0 Å². The molecule has 0 atom stereocenters. The van der Waals surface area contributed by atoms with E-state index in [2.05, 4.69) is 0 Å². The number of rotatable bonds is 14. The van der Waals surface area contributed by atoms with Crippen molar-refractivity contribution >= 4 is 18.4 Å². The van der Waals surface area contributed by atoms with Crippen molar-refractivity contribution in [1.29, 1.82) is 0 Å². The van der Waals surface area contributed by atoms with Crippen LogP contribution in [0.1, 0.15) is 41.5 Å². The standard InChI is InChI=1S/C12H31NO6Si2/c1-7-14-13(20(15-8-2)16-9-3)21(17-10-4,18-11-5)19-12-6/h20H,7-12H2,1-6H3. The summed E-state index contributed by atoms with van der Waals surface area (Å²) in [6, 6.07) is 0. The van der Waals surface area contributed by atoms with Crippen LogP contribution in [0.25, 0.3) is 0 Å². The third kappa shape index (κ3) is 6.84. The van der Waals surface area contributed by atoms with Crippen LogP contribution in [-0.2, 0) is 27.0 Å². The second kappa shape index (κ2) is 12.7. The van der Waals surface area contributed by atoms with E-state index in [-0.39, 0.29) is 0 Å². The quantitative estimate of drug-likeness (QED) is 0.351. The minimum atomic E-state index is -3.16. The summed E-state index contributed by atoms with van der Waals surface area (Å²) in [4.78, 5) is 5.76. The van der Waals surface area contributed by atoms with Gasteiger partial charge in [-0.25, -0.2) is 0 Å². The van der Waals surface area contributed by atoms with Gasteiger partial charge in [-0.15, -0.1) is 4.39 Å². The Bertz CT molecular complexity index is 227. The van der Waals surface area contributed by atoms with Gasteiger partial charge >= 0.3 is 18.4 Å². The van der Waals surface area contributed by atoms with E-state index in [9.17, 15) is 0 Å². The van der Waals surface area contributed by atoms with Crippen LogP contribution in [-0.4, -0.2) is 62.4 Å². The summed E-state index contributed by atoms with van der Waals surface area (Å²) in [5.41, 5.74) is 0. The predicted octanol–water partition coefficient (Wildman–Crippen LogP) is 1.58. The van der Waals surface area contributed by atoms with E-state index in [0.717, 1.165) is 0 Å². The Labute approximate surface area is 131 Å². The Morgan fingerprint density at radius 3 is 1.38 bits per heavy atom. The van der Waals surface area contributed by atoms with E-state index in [1.165, 1.54) is 0 Å². The van der Waals surface area contributed by atoms with Crippen LogP contribution in [0, 0.1) is 0 Å². The lowest BCUT2D eigenvalue weighted by Crippen LogP contribution is -2.67. The van der Waals surface area contributed by atoms with Crippen molar-refractivity contribution in [2.75, 3.05) is 39.6 Å². The summed E-state index contributed by atoms with van der Waals surface area (Å²) >= 11 is 0. The Hall–Kier alpha value is 0.154. The molecule has 0 saturated heterocycles. The molecule has 0 rings (SSSR count). The van der Waals surface area contributed by atoms with E-state index < -0.39 is 18.4 Å². The van der Waals surface area contributed by atoms with Crippen molar-refractivity contribution in [1.82, 2.24) is 4.39 Å². The highest BCUT2D eigenvalue weighted by molar-refractivity contribution is 6.68. The Balaban J connectivity index is 5.40. The van der Waals surface area contributed by atoms with Gasteiger partial charge in [0.15, 0.2) is 0 Å². The smallest absolute Gasteiger partial charge is 0.384 e. The fourth-order valence-corrected chi connectivity index (χ4v) is 7.11. The first kappa shape index (κ1) is 21.2. The first-order valence-electron chi connectivity index (χ1n) is 7.72. The number of nitrogens with zero attached hydrogens (tertiary/aromatic N) is 1. The van der Waals surface area contributed by atoms with Crippen LogP contribution >= 0.6 is 0 Å². The molecule has 7 nitrogen and oxygen atoms in total. The minimum Gasteiger partial charge on any atom is -0.384 e. The number of hydrogen-bond acceptors (Lipinski definition) is 7. The second-order valence-corrected chi connectivity index (χ2v) is 8.40. The van der Waals surface area contributed by atoms with Gasteiger partial charge in [0.05, 0.1) is 6.61 Å². The molecule has 0 aliphatic heterocycles. The topological polar surface area (TPSA) is 58.6 Å². The van der Waals surface area contributed by atoms with Gasteiger partial charge in [-0.2, -0.15) is 0 Å². The Kier molecular flexibility index (Phi) is 12.8. The first-order valence-corrected chi connectivity index (χ1v) is 10.9. The summed E-state index contributed by atoms with van der Waals surface area (Å²) < 4.78 is 30.8. The molecule has 0 saturated carbocycles. The highest BCUT2D eigenvalue weighted by Crippen LogP contribution is 2.19. The summed E-state index contributed by atoms with van der Waals surface area (Å²) in [7, 11) is -5.45. The lowest BCUT2D eigenvalue weighted by atomic mass is 10.9. The average Bonchev–Trinajstić information content (AvgIpc) is 2.45. The molecular formula is C12H31NO6Si2. The van der Waals surface area contributed by atoms with Crippen molar-refractivity contribution in [2.45, 2.75) is 41.5 Å². The van der Waals surface area contributed by atoms with E-state index in [0.29, 0.717) is 39.6 Å². The Morgan fingerprint density at radius 2 is 1.10 bits per heavy atom. The zero-order valence-corrected chi connectivity index (χ0v) is 16.4. The van der Waals surface area contributed by atoms with Crippen LogP contribution in [0.15, 0.2) is 0 Å². The SMILES string of the molecule is CCON([SiH](OCC)OCC)[Si](OCC)(OCC)OCC. The van der Waals surface area contributed by atoms with Gasteiger partial charge in [0.25, 0.3) is 0 Å². The molecule has 0 radical (unpaired) electrons. The third-order valence-corrected chi connectivity index (χ3v) is 8.31. The van der Waals surface area contributed by atoms with Gasteiger partial charge in [-0.1, -0.05) is 0 Å².